The van der Waals surface area contributed by atoms with Crippen LogP contribution in [0.15, 0.2) is 4.99 Å². The Morgan fingerprint density at radius 3 is 2.89 bits per heavy atom. The summed E-state index contributed by atoms with van der Waals surface area (Å²) in [5.41, 5.74) is 0. The maximum atomic E-state index is 5.72. The van der Waals surface area contributed by atoms with Crippen LogP contribution >= 0.6 is 0 Å². The van der Waals surface area contributed by atoms with Crippen molar-refractivity contribution in [1.29, 1.82) is 0 Å². The average molecular weight is 252 g/mol. The van der Waals surface area contributed by atoms with Gasteiger partial charge in [-0.3, -0.25) is 9.89 Å². The molecule has 2 aliphatic rings. The number of unbranched alkanes of at least 4 members (excludes halogenated alkanes) is 5. The van der Waals surface area contributed by atoms with Crippen molar-refractivity contribution in [1.82, 2.24) is 4.90 Å². The normalized spacial score (nSPS) is 26.3. The predicted molar refractivity (Wildman–Crippen MR) is 76.0 cm³/mol. The molecule has 0 amide bonds. The fraction of sp³-hybridized carbons (Fsp3) is 0.933. The summed E-state index contributed by atoms with van der Waals surface area (Å²) in [5.74, 6) is 1.03. The van der Waals surface area contributed by atoms with E-state index < -0.39 is 0 Å². The third-order valence-electron chi connectivity index (χ3n) is 4.06. The highest BCUT2D eigenvalue weighted by atomic mass is 16.5. The first-order chi connectivity index (χ1) is 8.92. The molecule has 0 aromatic rings. The van der Waals surface area contributed by atoms with Gasteiger partial charge in [0, 0.05) is 13.1 Å². The maximum absolute atomic E-state index is 5.72. The lowest BCUT2D eigenvalue weighted by atomic mass is 10.0. The van der Waals surface area contributed by atoms with Crippen molar-refractivity contribution in [3.05, 3.63) is 0 Å². The van der Waals surface area contributed by atoms with Crippen molar-refractivity contribution in [3.8, 4) is 0 Å². The summed E-state index contributed by atoms with van der Waals surface area (Å²) >= 11 is 0. The molecule has 0 aromatic carbocycles. The van der Waals surface area contributed by atoms with E-state index >= 15 is 0 Å². The molecule has 0 saturated carbocycles. The van der Waals surface area contributed by atoms with Gasteiger partial charge in [-0.05, 0) is 19.3 Å². The van der Waals surface area contributed by atoms with Gasteiger partial charge in [0.15, 0.2) is 0 Å². The molecule has 104 valence electrons. The van der Waals surface area contributed by atoms with E-state index in [-0.39, 0.29) is 0 Å². The molecule has 2 rings (SSSR count). The van der Waals surface area contributed by atoms with Crippen LogP contribution < -0.4 is 0 Å². The quantitative estimate of drug-likeness (QED) is 0.647. The first kappa shape index (κ1) is 13.9. The minimum absolute atomic E-state index is 0.513. The van der Waals surface area contributed by atoms with E-state index in [1.807, 2.05) is 0 Å². The molecule has 18 heavy (non-hydrogen) atoms. The first-order valence-corrected chi connectivity index (χ1v) is 7.83. The third-order valence-corrected chi connectivity index (χ3v) is 4.06. The van der Waals surface area contributed by atoms with E-state index in [2.05, 4.69) is 16.8 Å². The fourth-order valence-electron chi connectivity index (χ4n) is 2.90. The molecule has 2 heterocycles. The van der Waals surface area contributed by atoms with E-state index in [1.165, 1.54) is 64.3 Å². The Balaban J connectivity index is 1.61. The van der Waals surface area contributed by atoms with Crippen LogP contribution in [0.2, 0.25) is 0 Å². The Morgan fingerprint density at radius 1 is 1.17 bits per heavy atom. The van der Waals surface area contributed by atoms with E-state index in [0.717, 1.165) is 19.2 Å². The molecule has 1 unspecified atom stereocenters. The van der Waals surface area contributed by atoms with E-state index in [0.29, 0.717) is 6.04 Å². The molecule has 0 bridgehead atoms. The number of ether oxygens (including phenoxy) is 1. The number of aliphatic imine (C=N–C) groups is 1. The molecule has 1 atom stereocenters. The maximum Gasteiger partial charge on any atom is 0.202 e. The van der Waals surface area contributed by atoms with E-state index in [1.54, 1.807) is 0 Å². The highest BCUT2D eigenvalue weighted by Gasteiger charge is 2.33. The van der Waals surface area contributed by atoms with Crippen LogP contribution in [-0.4, -0.2) is 36.7 Å². The Morgan fingerprint density at radius 2 is 2.00 bits per heavy atom. The molecule has 0 aromatic heterocycles. The Kier molecular flexibility index (Phi) is 5.98. The second-order valence-corrected chi connectivity index (χ2v) is 5.59. The average Bonchev–Trinajstić information content (AvgIpc) is 2.81. The lowest BCUT2D eigenvalue weighted by molar-refractivity contribution is 0.146. The van der Waals surface area contributed by atoms with Crippen LogP contribution in [0.3, 0.4) is 0 Å². The molecule has 0 aliphatic carbocycles. The van der Waals surface area contributed by atoms with Gasteiger partial charge in [0.25, 0.3) is 0 Å². The van der Waals surface area contributed by atoms with Crippen LogP contribution in [-0.2, 0) is 4.74 Å². The third kappa shape index (κ3) is 3.98. The van der Waals surface area contributed by atoms with Gasteiger partial charge in [-0.15, -0.1) is 0 Å². The summed E-state index contributed by atoms with van der Waals surface area (Å²) in [6.45, 7) is 5.20. The Hall–Kier alpha value is -0.570. The summed E-state index contributed by atoms with van der Waals surface area (Å²) in [5, 5.41) is 0. The topological polar surface area (TPSA) is 24.8 Å². The molecule has 3 nitrogen and oxygen atoms in total. The molecular formula is C15H28N2O. The van der Waals surface area contributed by atoms with E-state index in [4.69, 9.17) is 4.74 Å². The number of piperidine rings is 1. The summed E-state index contributed by atoms with van der Waals surface area (Å²) in [7, 11) is 0. The van der Waals surface area contributed by atoms with Crippen LogP contribution in [0.25, 0.3) is 0 Å². The molecule has 3 heteroatoms. The molecule has 2 fully saturated rings. The lowest BCUT2D eigenvalue weighted by Crippen LogP contribution is -2.37. The van der Waals surface area contributed by atoms with Crippen molar-refractivity contribution >= 4 is 5.90 Å². The molecule has 0 radical (unpaired) electrons. The summed E-state index contributed by atoms with van der Waals surface area (Å²) in [6.07, 6.45) is 11.9. The van der Waals surface area contributed by atoms with Crippen LogP contribution in [0.5, 0.6) is 0 Å². The molecule has 0 N–H and O–H groups in total. The number of fused-ring (bicyclic) bond motifs is 1. The van der Waals surface area contributed by atoms with Gasteiger partial charge in [-0.1, -0.05) is 45.4 Å². The SMILES string of the molecule is CCCCCCCCN=C1OCN2CCCCC12. The zero-order valence-electron chi connectivity index (χ0n) is 11.9. The van der Waals surface area contributed by atoms with Crippen molar-refractivity contribution in [3.63, 3.8) is 0 Å². The molecule has 2 saturated heterocycles. The fourth-order valence-corrected chi connectivity index (χ4v) is 2.90. The zero-order valence-corrected chi connectivity index (χ0v) is 11.9. The minimum atomic E-state index is 0.513. The molecular weight excluding hydrogens is 224 g/mol. The monoisotopic (exact) mass is 252 g/mol. The summed E-state index contributed by atoms with van der Waals surface area (Å²) in [6, 6.07) is 0.513. The van der Waals surface area contributed by atoms with Crippen molar-refractivity contribution in [2.45, 2.75) is 70.8 Å². The van der Waals surface area contributed by atoms with E-state index in [9.17, 15) is 0 Å². The first-order valence-electron chi connectivity index (χ1n) is 7.83. The predicted octanol–water partition coefficient (Wildman–Crippen LogP) is 3.59. The highest BCUT2D eigenvalue weighted by Crippen LogP contribution is 2.23. The van der Waals surface area contributed by atoms with Gasteiger partial charge in [0.1, 0.15) is 6.73 Å². The highest BCUT2D eigenvalue weighted by molar-refractivity contribution is 5.83. The summed E-state index contributed by atoms with van der Waals surface area (Å²) < 4.78 is 5.72. The summed E-state index contributed by atoms with van der Waals surface area (Å²) in [4.78, 5) is 7.11. The largest absolute Gasteiger partial charge is 0.464 e. The Bertz CT molecular complexity index is 265. The van der Waals surface area contributed by atoms with Gasteiger partial charge >= 0.3 is 0 Å². The van der Waals surface area contributed by atoms with Crippen LogP contribution in [0.4, 0.5) is 0 Å². The van der Waals surface area contributed by atoms with Crippen LogP contribution in [0, 0.1) is 0 Å². The molecule has 0 spiro atoms. The number of hydrogen-bond acceptors (Lipinski definition) is 3. The molecule has 2 aliphatic heterocycles. The second kappa shape index (κ2) is 7.78. The Labute approximate surface area is 112 Å². The lowest BCUT2D eigenvalue weighted by Gasteiger charge is -2.25. The number of nitrogens with zero attached hydrogens (tertiary/aromatic N) is 2. The van der Waals surface area contributed by atoms with Crippen molar-refractivity contribution in [2.75, 3.05) is 19.8 Å². The number of rotatable bonds is 7. The van der Waals surface area contributed by atoms with Gasteiger partial charge in [-0.2, -0.15) is 0 Å². The van der Waals surface area contributed by atoms with Gasteiger partial charge in [0.05, 0.1) is 6.04 Å². The standard InChI is InChI=1S/C15H28N2O/c1-2-3-4-5-6-8-11-16-15-14-10-7-9-12-17(14)13-18-15/h14H,2-13H2,1H3. The zero-order chi connectivity index (χ0) is 12.6. The smallest absolute Gasteiger partial charge is 0.202 e. The minimum Gasteiger partial charge on any atom is -0.464 e. The van der Waals surface area contributed by atoms with Crippen molar-refractivity contribution < 1.29 is 4.74 Å². The second-order valence-electron chi connectivity index (χ2n) is 5.59. The number of hydrogen-bond donors (Lipinski definition) is 0. The van der Waals surface area contributed by atoms with Crippen molar-refractivity contribution in [2.24, 2.45) is 4.99 Å². The van der Waals surface area contributed by atoms with Gasteiger partial charge in [0.2, 0.25) is 5.90 Å². The van der Waals surface area contributed by atoms with Crippen LogP contribution in [0.1, 0.15) is 64.7 Å². The van der Waals surface area contributed by atoms with Gasteiger partial charge < -0.3 is 4.74 Å². The van der Waals surface area contributed by atoms with Gasteiger partial charge in [-0.25, -0.2) is 0 Å².